The second kappa shape index (κ2) is 7.32. The van der Waals surface area contributed by atoms with Crippen LogP contribution in [0.5, 0.6) is 0 Å². The van der Waals surface area contributed by atoms with Gasteiger partial charge in [0.15, 0.2) is 6.10 Å². The molecule has 2 aromatic rings. The van der Waals surface area contributed by atoms with Crippen LogP contribution in [0.4, 0.5) is 0 Å². The number of hydrogen-bond donors (Lipinski definition) is 0. The summed E-state index contributed by atoms with van der Waals surface area (Å²) in [5.74, 6) is -1.27. The van der Waals surface area contributed by atoms with Crippen molar-refractivity contribution in [2.24, 2.45) is 0 Å². The van der Waals surface area contributed by atoms with Crippen LogP contribution in [0, 0.1) is 0 Å². The van der Waals surface area contributed by atoms with E-state index in [0.717, 1.165) is 0 Å². The average molecular weight is 367 g/mol. The largest absolute Gasteiger partial charge is 0.467 e. The van der Waals surface area contributed by atoms with Gasteiger partial charge in [-0.3, -0.25) is 14.5 Å². The molecule has 3 rings (SSSR count). The Morgan fingerprint density at radius 1 is 0.963 bits per heavy atom. The highest BCUT2D eigenvalue weighted by atomic mass is 16.6. The molecule has 0 aromatic heterocycles. The normalized spacial score (nSPS) is 14.9. The van der Waals surface area contributed by atoms with Crippen molar-refractivity contribution in [2.75, 3.05) is 13.7 Å². The first kappa shape index (κ1) is 18.8. The van der Waals surface area contributed by atoms with Gasteiger partial charge in [-0.05, 0) is 31.5 Å². The van der Waals surface area contributed by atoms with Crippen molar-refractivity contribution in [2.45, 2.75) is 25.5 Å². The number of methoxy groups -OCH3 is 1. The molecule has 27 heavy (non-hydrogen) atoms. The number of imide groups is 1. The number of carbonyl (C=O) groups excluding carboxylic acids is 3. The van der Waals surface area contributed by atoms with Crippen LogP contribution < -0.4 is 0 Å². The molecule has 6 heteroatoms. The highest BCUT2D eigenvalue weighted by Crippen LogP contribution is 2.31. The molecule has 0 fully saturated rings. The topological polar surface area (TPSA) is 72.9 Å². The Labute approximate surface area is 157 Å². The van der Waals surface area contributed by atoms with E-state index in [0.29, 0.717) is 16.7 Å². The molecule has 0 bridgehead atoms. The molecule has 1 heterocycles. The Morgan fingerprint density at radius 3 is 2.00 bits per heavy atom. The molecule has 1 aliphatic rings. The minimum absolute atomic E-state index is 0.0207. The first-order valence-corrected chi connectivity index (χ1v) is 8.59. The lowest BCUT2D eigenvalue weighted by molar-refractivity contribution is -0.156. The SMILES string of the molecule is COC(=O)C(OCC(C)(C)N1C(=O)c2ccccc2C1=O)c1ccccc1. The third kappa shape index (κ3) is 3.48. The van der Waals surface area contributed by atoms with Crippen molar-refractivity contribution in [3.05, 3.63) is 71.3 Å². The zero-order chi connectivity index (χ0) is 19.6. The summed E-state index contributed by atoms with van der Waals surface area (Å²) in [6.07, 6.45) is -0.939. The summed E-state index contributed by atoms with van der Waals surface area (Å²) in [5.41, 5.74) is 0.447. The van der Waals surface area contributed by atoms with E-state index in [9.17, 15) is 14.4 Å². The van der Waals surface area contributed by atoms with Gasteiger partial charge < -0.3 is 9.47 Å². The summed E-state index contributed by atoms with van der Waals surface area (Å²) in [5, 5.41) is 0. The van der Waals surface area contributed by atoms with Crippen molar-refractivity contribution < 1.29 is 23.9 Å². The van der Waals surface area contributed by atoms with Crippen LogP contribution in [0.1, 0.15) is 46.2 Å². The lowest BCUT2D eigenvalue weighted by Gasteiger charge is -2.34. The van der Waals surface area contributed by atoms with E-state index in [1.54, 1.807) is 62.4 Å². The number of carbonyl (C=O) groups is 3. The monoisotopic (exact) mass is 367 g/mol. The average Bonchev–Trinajstić information content (AvgIpc) is 2.94. The first-order valence-electron chi connectivity index (χ1n) is 8.59. The van der Waals surface area contributed by atoms with E-state index in [-0.39, 0.29) is 18.4 Å². The van der Waals surface area contributed by atoms with Crippen LogP contribution in [0.25, 0.3) is 0 Å². The summed E-state index contributed by atoms with van der Waals surface area (Å²) in [6.45, 7) is 3.44. The third-order valence-corrected chi connectivity index (χ3v) is 4.52. The van der Waals surface area contributed by atoms with E-state index in [2.05, 4.69) is 0 Å². The van der Waals surface area contributed by atoms with Crippen molar-refractivity contribution >= 4 is 17.8 Å². The highest BCUT2D eigenvalue weighted by Gasteiger charge is 2.44. The number of esters is 1. The molecule has 1 atom stereocenters. The zero-order valence-electron chi connectivity index (χ0n) is 15.5. The number of hydrogen-bond acceptors (Lipinski definition) is 5. The molecular weight excluding hydrogens is 346 g/mol. The zero-order valence-corrected chi connectivity index (χ0v) is 15.5. The maximum Gasteiger partial charge on any atom is 0.339 e. The van der Waals surface area contributed by atoms with Crippen LogP contribution in [0.3, 0.4) is 0 Å². The van der Waals surface area contributed by atoms with Crippen LogP contribution in [0.2, 0.25) is 0 Å². The van der Waals surface area contributed by atoms with Gasteiger partial charge >= 0.3 is 5.97 Å². The van der Waals surface area contributed by atoms with E-state index >= 15 is 0 Å². The summed E-state index contributed by atoms with van der Waals surface area (Å²) >= 11 is 0. The Bertz CT molecular complexity index is 840. The van der Waals surface area contributed by atoms with Crippen molar-refractivity contribution in [3.63, 3.8) is 0 Å². The van der Waals surface area contributed by atoms with Gasteiger partial charge in [-0.2, -0.15) is 0 Å². The minimum Gasteiger partial charge on any atom is -0.467 e. The van der Waals surface area contributed by atoms with Gasteiger partial charge in [-0.15, -0.1) is 0 Å². The fourth-order valence-electron chi connectivity index (χ4n) is 3.13. The number of ether oxygens (including phenoxy) is 2. The van der Waals surface area contributed by atoms with Crippen LogP contribution >= 0.6 is 0 Å². The molecule has 0 saturated heterocycles. The molecule has 1 unspecified atom stereocenters. The van der Waals surface area contributed by atoms with Crippen LogP contribution in [-0.4, -0.2) is 41.9 Å². The number of fused-ring (bicyclic) bond motifs is 1. The molecule has 2 amide bonds. The molecule has 6 nitrogen and oxygen atoms in total. The van der Waals surface area contributed by atoms with Gasteiger partial charge in [-0.25, -0.2) is 4.79 Å². The molecule has 0 N–H and O–H groups in total. The Morgan fingerprint density at radius 2 is 1.48 bits per heavy atom. The Hall–Kier alpha value is -2.99. The number of nitrogens with zero attached hydrogens (tertiary/aromatic N) is 1. The van der Waals surface area contributed by atoms with Crippen LogP contribution in [0.15, 0.2) is 54.6 Å². The second-order valence-electron chi connectivity index (χ2n) is 6.93. The van der Waals surface area contributed by atoms with Crippen molar-refractivity contribution in [1.29, 1.82) is 0 Å². The van der Waals surface area contributed by atoms with Gasteiger partial charge in [-0.1, -0.05) is 42.5 Å². The smallest absolute Gasteiger partial charge is 0.339 e. The predicted molar refractivity (Wildman–Crippen MR) is 98.2 cm³/mol. The van der Waals surface area contributed by atoms with Gasteiger partial charge in [0.1, 0.15) is 0 Å². The van der Waals surface area contributed by atoms with E-state index in [1.807, 2.05) is 6.07 Å². The lowest BCUT2D eigenvalue weighted by atomic mass is 10.0. The molecule has 0 radical (unpaired) electrons. The maximum absolute atomic E-state index is 12.7. The second-order valence-corrected chi connectivity index (χ2v) is 6.93. The van der Waals surface area contributed by atoms with Gasteiger partial charge in [0.05, 0.1) is 30.4 Å². The summed E-state index contributed by atoms with van der Waals surface area (Å²) in [6, 6.07) is 15.7. The lowest BCUT2D eigenvalue weighted by Crippen LogP contribution is -2.51. The van der Waals surface area contributed by atoms with E-state index < -0.39 is 17.6 Å². The van der Waals surface area contributed by atoms with Gasteiger partial charge in [0, 0.05) is 0 Å². The van der Waals surface area contributed by atoms with Crippen molar-refractivity contribution in [1.82, 2.24) is 4.90 Å². The minimum atomic E-state index is -0.950. The predicted octanol–water partition coefficient (Wildman–Crippen LogP) is 2.99. The van der Waals surface area contributed by atoms with Crippen molar-refractivity contribution in [3.8, 4) is 0 Å². The maximum atomic E-state index is 12.7. The molecule has 0 spiro atoms. The Balaban J connectivity index is 1.81. The third-order valence-electron chi connectivity index (χ3n) is 4.52. The summed E-state index contributed by atoms with van der Waals surface area (Å²) in [7, 11) is 1.29. The number of rotatable bonds is 6. The number of benzene rings is 2. The molecule has 0 saturated carbocycles. The molecule has 2 aromatic carbocycles. The highest BCUT2D eigenvalue weighted by molar-refractivity contribution is 6.21. The molecule has 1 aliphatic heterocycles. The van der Waals surface area contributed by atoms with Crippen LogP contribution in [-0.2, 0) is 14.3 Å². The van der Waals surface area contributed by atoms with E-state index in [4.69, 9.17) is 9.47 Å². The van der Waals surface area contributed by atoms with Gasteiger partial charge in [0.25, 0.3) is 11.8 Å². The summed E-state index contributed by atoms with van der Waals surface area (Å²) in [4.78, 5) is 38.8. The Kier molecular flexibility index (Phi) is 5.10. The molecular formula is C21H21NO5. The standard InChI is InChI=1S/C21H21NO5/c1-21(2,22-18(23)15-11-7-8-12-16(15)19(22)24)13-27-17(20(25)26-3)14-9-5-4-6-10-14/h4-12,17H,13H2,1-3H3. The quantitative estimate of drug-likeness (QED) is 0.580. The van der Waals surface area contributed by atoms with Gasteiger partial charge in [0.2, 0.25) is 0 Å². The molecule has 0 aliphatic carbocycles. The molecule has 140 valence electrons. The summed E-state index contributed by atoms with van der Waals surface area (Å²) < 4.78 is 10.7. The van der Waals surface area contributed by atoms with E-state index in [1.165, 1.54) is 12.0 Å². The fourth-order valence-corrected chi connectivity index (χ4v) is 3.13. The first-order chi connectivity index (χ1) is 12.9. The number of amides is 2. The fraction of sp³-hybridized carbons (Fsp3) is 0.286.